The number of halogens is 1. The molecule has 3 rings (SSSR count). The number of hydrogen-bond acceptors (Lipinski definition) is 3. The molecule has 23 heavy (non-hydrogen) atoms. The summed E-state index contributed by atoms with van der Waals surface area (Å²) in [5, 5.41) is 6.25. The molecule has 1 heterocycles. The number of carbonyl (C=O) groups excluding carboxylic acids is 2. The van der Waals surface area contributed by atoms with E-state index in [0.29, 0.717) is 10.8 Å². The number of thioether (sulfide) groups is 1. The van der Waals surface area contributed by atoms with Crippen molar-refractivity contribution in [2.45, 2.75) is 26.7 Å². The molecule has 6 heteroatoms. The number of hydrogen-bond donors (Lipinski definition) is 2. The van der Waals surface area contributed by atoms with Gasteiger partial charge in [0.2, 0.25) is 11.8 Å². The van der Waals surface area contributed by atoms with E-state index in [0.717, 1.165) is 29.8 Å². The molecule has 0 fully saturated rings. The molecule has 2 aliphatic rings. The van der Waals surface area contributed by atoms with Gasteiger partial charge in [-0.15, -0.1) is 11.8 Å². The van der Waals surface area contributed by atoms with E-state index in [1.807, 2.05) is 13.0 Å². The van der Waals surface area contributed by atoms with Crippen LogP contribution in [0.25, 0.3) is 0 Å². The van der Waals surface area contributed by atoms with Crippen molar-refractivity contribution in [3.05, 3.63) is 51.5 Å². The summed E-state index contributed by atoms with van der Waals surface area (Å²) < 4.78 is 0. The second-order valence-corrected chi connectivity index (χ2v) is 6.64. The highest BCUT2D eigenvalue weighted by Crippen LogP contribution is 2.29. The second-order valence-electron chi connectivity index (χ2n) is 5.21. The molecule has 1 aromatic rings. The number of anilines is 1. The van der Waals surface area contributed by atoms with Gasteiger partial charge in [0.1, 0.15) is 0 Å². The Morgan fingerprint density at radius 3 is 2.91 bits per heavy atom. The number of rotatable bonds is 1. The number of allylic oxidation sites excluding steroid dienone is 3. The molecule has 2 amide bonds. The molecule has 0 aromatic heterocycles. The first-order valence-electron chi connectivity index (χ1n) is 7.32. The lowest BCUT2D eigenvalue weighted by atomic mass is 10.1. The predicted molar refractivity (Wildman–Crippen MR) is 96.5 cm³/mol. The first kappa shape index (κ1) is 17.6. The standard InChI is InChI=1S/C9H10ClNO.C8H9NOS/c1-6-8(10)4-3-5-9(6)11-7(2)12;10-8-5-11-7-4-2-1-3-6(7)9-8/h3-5H,1-2H3,(H,11,12);2,4H,1,3,5H2,(H,9,10). The highest BCUT2D eigenvalue weighted by atomic mass is 35.5. The third kappa shape index (κ3) is 5.15. The average molecular weight is 351 g/mol. The Labute approximate surface area is 145 Å². The van der Waals surface area contributed by atoms with Crippen LogP contribution in [0.4, 0.5) is 5.69 Å². The van der Waals surface area contributed by atoms with Crippen LogP contribution in [0.15, 0.2) is 41.0 Å². The van der Waals surface area contributed by atoms with Crippen molar-refractivity contribution in [1.29, 1.82) is 0 Å². The predicted octanol–water partition coefficient (Wildman–Crippen LogP) is 4.02. The van der Waals surface area contributed by atoms with Crippen LogP contribution < -0.4 is 10.6 Å². The normalized spacial score (nSPS) is 16.0. The minimum absolute atomic E-state index is 0.0830. The zero-order valence-corrected chi connectivity index (χ0v) is 14.7. The van der Waals surface area contributed by atoms with Gasteiger partial charge >= 0.3 is 0 Å². The van der Waals surface area contributed by atoms with E-state index in [9.17, 15) is 9.59 Å². The van der Waals surface area contributed by atoms with Gasteiger partial charge in [-0.1, -0.05) is 29.8 Å². The Morgan fingerprint density at radius 1 is 1.39 bits per heavy atom. The third-order valence-electron chi connectivity index (χ3n) is 3.36. The molecule has 0 radical (unpaired) electrons. The fourth-order valence-corrected chi connectivity index (χ4v) is 3.23. The van der Waals surface area contributed by atoms with E-state index in [1.54, 1.807) is 23.9 Å². The summed E-state index contributed by atoms with van der Waals surface area (Å²) in [5.74, 6) is 0.632. The summed E-state index contributed by atoms with van der Waals surface area (Å²) in [4.78, 5) is 22.9. The maximum atomic E-state index is 10.9. The highest BCUT2D eigenvalue weighted by Gasteiger charge is 2.17. The summed E-state index contributed by atoms with van der Waals surface area (Å²) in [6.07, 6.45) is 6.30. The van der Waals surface area contributed by atoms with Gasteiger partial charge < -0.3 is 10.6 Å². The van der Waals surface area contributed by atoms with Gasteiger partial charge in [-0.25, -0.2) is 0 Å². The van der Waals surface area contributed by atoms with Crippen molar-refractivity contribution in [1.82, 2.24) is 5.32 Å². The van der Waals surface area contributed by atoms with Crippen LogP contribution in [0.5, 0.6) is 0 Å². The maximum Gasteiger partial charge on any atom is 0.234 e. The molecule has 4 nitrogen and oxygen atoms in total. The SMILES string of the molecule is CC(=O)Nc1cccc(Cl)c1C.O=C1CSC2=C(CCC=C2)N1. The summed E-state index contributed by atoms with van der Waals surface area (Å²) in [6, 6.07) is 5.42. The summed E-state index contributed by atoms with van der Waals surface area (Å²) in [6.45, 7) is 3.34. The summed E-state index contributed by atoms with van der Waals surface area (Å²) >= 11 is 7.48. The minimum Gasteiger partial charge on any atom is -0.328 e. The third-order valence-corrected chi connectivity index (χ3v) is 4.86. The molecule has 0 atom stereocenters. The number of amides is 2. The van der Waals surface area contributed by atoms with Crippen LogP contribution in [-0.4, -0.2) is 17.6 Å². The van der Waals surface area contributed by atoms with Crippen LogP contribution in [0.1, 0.15) is 25.3 Å². The van der Waals surface area contributed by atoms with Crippen molar-refractivity contribution in [3.63, 3.8) is 0 Å². The van der Waals surface area contributed by atoms with E-state index in [4.69, 9.17) is 11.6 Å². The fraction of sp³-hybridized carbons (Fsp3) is 0.294. The molecule has 0 bridgehead atoms. The first-order chi connectivity index (χ1) is 11.0. The lowest BCUT2D eigenvalue weighted by Crippen LogP contribution is -2.29. The largest absolute Gasteiger partial charge is 0.328 e. The molecule has 0 spiro atoms. The van der Waals surface area contributed by atoms with Crippen molar-refractivity contribution in [2.75, 3.05) is 11.1 Å². The van der Waals surface area contributed by atoms with Crippen LogP contribution >= 0.6 is 23.4 Å². The first-order valence-corrected chi connectivity index (χ1v) is 8.68. The molecular formula is C17H19ClN2O2S. The molecule has 2 N–H and O–H groups in total. The summed E-state index contributed by atoms with van der Waals surface area (Å²) in [5.41, 5.74) is 2.79. The van der Waals surface area contributed by atoms with E-state index in [1.165, 1.54) is 11.8 Å². The van der Waals surface area contributed by atoms with Gasteiger partial charge in [-0.05, 0) is 37.5 Å². The topological polar surface area (TPSA) is 58.2 Å². The lowest BCUT2D eigenvalue weighted by molar-refractivity contribution is -0.118. The van der Waals surface area contributed by atoms with Crippen LogP contribution in [0.3, 0.4) is 0 Å². The van der Waals surface area contributed by atoms with Crippen molar-refractivity contribution in [2.24, 2.45) is 0 Å². The van der Waals surface area contributed by atoms with Gasteiger partial charge in [0.25, 0.3) is 0 Å². The summed E-state index contributed by atoms with van der Waals surface area (Å²) in [7, 11) is 0. The Hall–Kier alpha value is -1.72. The van der Waals surface area contributed by atoms with E-state index < -0.39 is 0 Å². The molecule has 0 saturated carbocycles. The molecule has 0 unspecified atom stereocenters. The lowest BCUT2D eigenvalue weighted by Gasteiger charge is -2.20. The quantitative estimate of drug-likeness (QED) is 0.804. The second kappa shape index (κ2) is 8.22. The number of nitrogens with one attached hydrogen (secondary N) is 2. The van der Waals surface area contributed by atoms with E-state index in [2.05, 4.69) is 22.8 Å². The highest BCUT2D eigenvalue weighted by molar-refractivity contribution is 8.04. The van der Waals surface area contributed by atoms with Crippen LogP contribution in [-0.2, 0) is 9.59 Å². The molecule has 122 valence electrons. The molecule has 1 aromatic carbocycles. The fourth-order valence-electron chi connectivity index (χ4n) is 2.18. The van der Waals surface area contributed by atoms with Gasteiger partial charge in [-0.3, -0.25) is 9.59 Å². The van der Waals surface area contributed by atoms with Gasteiger partial charge in [-0.2, -0.15) is 0 Å². The van der Waals surface area contributed by atoms with Crippen molar-refractivity contribution < 1.29 is 9.59 Å². The van der Waals surface area contributed by atoms with E-state index in [-0.39, 0.29) is 11.8 Å². The Kier molecular flexibility index (Phi) is 6.30. The number of benzene rings is 1. The van der Waals surface area contributed by atoms with Gasteiger partial charge in [0.05, 0.1) is 5.75 Å². The molecule has 0 saturated heterocycles. The smallest absolute Gasteiger partial charge is 0.234 e. The Balaban J connectivity index is 0.000000167. The zero-order chi connectivity index (χ0) is 16.8. The monoisotopic (exact) mass is 350 g/mol. The van der Waals surface area contributed by atoms with Crippen molar-refractivity contribution in [3.8, 4) is 0 Å². The maximum absolute atomic E-state index is 10.9. The number of carbonyl (C=O) groups is 2. The van der Waals surface area contributed by atoms with Crippen LogP contribution in [0.2, 0.25) is 5.02 Å². The molecular weight excluding hydrogens is 332 g/mol. The van der Waals surface area contributed by atoms with E-state index >= 15 is 0 Å². The molecule has 1 aliphatic carbocycles. The Morgan fingerprint density at radius 2 is 2.17 bits per heavy atom. The average Bonchev–Trinajstić information content (AvgIpc) is 2.52. The van der Waals surface area contributed by atoms with Gasteiger partial charge in [0, 0.05) is 28.2 Å². The van der Waals surface area contributed by atoms with Crippen LogP contribution in [0, 0.1) is 6.92 Å². The molecule has 1 aliphatic heterocycles. The van der Waals surface area contributed by atoms with Crippen molar-refractivity contribution >= 4 is 40.9 Å². The Bertz CT molecular complexity index is 683. The van der Waals surface area contributed by atoms with Gasteiger partial charge in [0.15, 0.2) is 0 Å². The zero-order valence-electron chi connectivity index (χ0n) is 13.1. The minimum atomic E-state index is -0.0830.